The monoisotopic (exact) mass is 267 g/mol. The highest BCUT2D eigenvalue weighted by Gasteiger charge is 2.24. The molecule has 3 rings (SSSR count). The van der Waals surface area contributed by atoms with Crippen molar-refractivity contribution >= 4 is 23.1 Å². The number of aryl methyl sites for hydroxylation is 1. The maximum Gasteiger partial charge on any atom is 0.0418 e. The first kappa shape index (κ1) is 12.1. The van der Waals surface area contributed by atoms with Crippen LogP contribution in [0.25, 0.3) is 0 Å². The minimum atomic E-state index is 0.316. The largest absolute Gasteiger partial charge is 0.323 e. The molecule has 94 valence electrons. The molecular weight excluding hydrogens is 246 g/mol. The maximum atomic E-state index is 6.49. The second-order valence-corrected chi connectivity index (χ2v) is 7.60. The van der Waals surface area contributed by atoms with Crippen LogP contribution in [0.3, 0.4) is 0 Å². The summed E-state index contributed by atoms with van der Waals surface area (Å²) < 4.78 is 0. The molecule has 0 radical (unpaired) electrons. The van der Waals surface area contributed by atoms with Crippen LogP contribution >= 0.6 is 23.1 Å². The van der Waals surface area contributed by atoms with E-state index in [4.69, 9.17) is 5.73 Å². The first-order valence-electron chi connectivity index (χ1n) is 6.79. The molecular formula is C14H21NS2. The Bertz CT molecular complexity index is 356. The number of rotatable bonds is 2. The van der Waals surface area contributed by atoms with Crippen LogP contribution in [0.5, 0.6) is 0 Å². The van der Waals surface area contributed by atoms with E-state index >= 15 is 0 Å². The van der Waals surface area contributed by atoms with Gasteiger partial charge in [0, 0.05) is 21.5 Å². The molecule has 1 fully saturated rings. The smallest absolute Gasteiger partial charge is 0.0418 e. The van der Waals surface area contributed by atoms with Crippen LogP contribution in [0.4, 0.5) is 0 Å². The molecule has 0 aromatic carbocycles. The van der Waals surface area contributed by atoms with Gasteiger partial charge in [0.05, 0.1) is 0 Å². The van der Waals surface area contributed by atoms with Crippen molar-refractivity contribution in [3.05, 3.63) is 21.4 Å². The van der Waals surface area contributed by atoms with Crippen LogP contribution < -0.4 is 5.73 Å². The first-order valence-corrected chi connectivity index (χ1v) is 8.76. The molecule has 1 aliphatic carbocycles. The zero-order chi connectivity index (χ0) is 11.7. The quantitative estimate of drug-likeness (QED) is 0.872. The average molecular weight is 267 g/mol. The van der Waals surface area contributed by atoms with Gasteiger partial charge < -0.3 is 5.73 Å². The summed E-state index contributed by atoms with van der Waals surface area (Å²) in [5.41, 5.74) is 8.06. The number of nitrogens with two attached hydrogens (primary N) is 1. The highest BCUT2D eigenvalue weighted by Crippen LogP contribution is 2.39. The lowest BCUT2D eigenvalue weighted by molar-refractivity contribution is 0.310. The van der Waals surface area contributed by atoms with Crippen molar-refractivity contribution in [2.45, 2.75) is 50.3 Å². The Morgan fingerprint density at radius 1 is 1.24 bits per heavy atom. The fourth-order valence-corrected chi connectivity index (χ4v) is 5.53. The van der Waals surface area contributed by atoms with E-state index in [0.29, 0.717) is 6.04 Å². The predicted molar refractivity (Wildman–Crippen MR) is 77.7 cm³/mol. The summed E-state index contributed by atoms with van der Waals surface area (Å²) in [5.74, 6) is 3.26. The fourth-order valence-electron chi connectivity index (χ4n) is 3.06. The van der Waals surface area contributed by atoms with Crippen molar-refractivity contribution in [1.29, 1.82) is 0 Å². The highest BCUT2D eigenvalue weighted by molar-refractivity contribution is 7.98. The molecule has 2 N–H and O–H groups in total. The Morgan fingerprint density at radius 2 is 2.06 bits per heavy atom. The van der Waals surface area contributed by atoms with Crippen LogP contribution in [0.1, 0.15) is 53.5 Å². The van der Waals surface area contributed by atoms with Crippen molar-refractivity contribution in [3.8, 4) is 0 Å². The van der Waals surface area contributed by atoms with Gasteiger partial charge in [0.2, 0.25) is 0 Å². The average Bonchev–Trinajstić information content (AvgIpc) is 2.82. The lowest BCUT2D eigenvalue weighted by Crippen LogP contribution is -2.22. The summed E-state index contributed by atoms with van der Waals surface area (Å²) in [4.78, 5) is 3.08. The molecule has 1 nitrogen and oxygen atoms in total. The summed E-state index contributed by atoms with van der Waals surface area (Å²) in [6.45, 7) is 0. The van der Waals surface area contributed by atoms with Gasteiger partial charge >= 0.3 is 0 Å². The third-order valence-electron chi connectivity index (χ3n) is 4.13. The van der Waals surface area contributed by atoms with E-state index in [0.717, 1.165) is 5.92 Å². The molecule has 2 heterocycles. The van der Waals surface area contributed by atoms with Gasteiger partial charge in [0.1, 0.15) is 0 Å². The van der Waals surface area contributed by atoms with Gasteiger partial charge in [0.15, 0.2) is 0 Å². The third kappa shape index (κ3) is 2.56. The van der Waals surface area contributed by atoms with Gasteiger partial charge in [-0.2, -0.15) is 11.8 Å². The molecule has 1 aliphatic heterocycles. The minimum absolute atomic E-state index is 0.316. The molecule has 0 amide bonds. The van der Waals surface area contributed by atoms with Gasteiger partial charge in [-0.05, 0) is 42.6 Å². The second-order valence-electron chi connectivity index (χ2n) is 5.32. The number of hydrogen-bond acceptors (Lipinski definition) is 3. The lowest BCUT2D eigenvalue weighted by Gasteiger charge is -2.26. The molecule has 0 spiro atoms. The van der Waals surface area contributed by atoms with Gasteiger partial charge in [-0.3, -0.25) is 0 Å². The molecule has 0 saturated heterocycles. The zero-order valence-corrected chi connectivity index (χ0v) is 11.9. The van der Waals surface area contributed by atoms with E-state index in [1.54, 1.807) is 10.4 Å². The number of thiophene rings is 1. The highest BCUT2D eigenvalue weighted by atomic mass is 32.2. The fraction of sp³-hybridized carbons (Fsp3) is 0.714. The Hall–Kier alpha value is 0.01000. The van der Waals surface area contributed by atoms with Crippen molar-refractivity contribution < 1.29 is 0 Å². The number of fused-ring (bicyclic) bond motifs is 1. The van der Waals surface area contributed by atoms with E-state index < -0.39 is 0 Å². The molecule has 1 saturated carbocycles. The molecule has 17 heavy (non-hydrogen) atoms. The first-order chi connectivity index (χ1) is 8.34. The molecule has 3 heteroatoms. The normalized spacial score (nSPS) is 23.4. The standard InChI is InChI=1S/C14H21NS2/c15-14(10-4-2-1-3-5-10)13-8-11-9-16-7-6-12(11)17-13/h8,10,14H,1-7,9,15H2. The van der Waals surface area contributed by atoms with Crippen LogP contribution in [0, 0.1) is 5.92 Å². The Morgan fingerprint density at radius 3 is 2.82 bits per heavy atom. The van der Waals surface area contributed by atoms with Gasteiger partial charge in [-0.15, -0.1) is 11.3 Å². The van der Waals surface area contributed by atoms with Crippen molar-refractivity contribution in [3.63, 3.8) is 0 Å². The SMILES string of the molecule is NC(c1cc2c(s1)CCSC2)C1CCCCC1. The Balaban J connectivity index is 1.76. The summed E-state index contributed by atoms with van der Waals surface area (Å²) in [6, 6.07) is 2.72. The number of thioether (sulfide) groups is 1. The van der Waals surface area contributed by atoms with Crippen LogP contribution in [0.15, 0.2) is 6.07 Å². The van der Waals surface area contributed by atoms with E-state index in [-0.39, 0.29) is 0 Å². The van der Waals surface area contributed by atoms with E-state index in [9.17, 15) is 0 Å². The van der Waals surface area contributed by atoms with E-state index in [2.05, 4.69) is 17.8 Å². The summed E-state index contributed by atoms with van der Waals surface area (Å²) in [5, 5.41) is 0. The topological polar surface area (TPSA) is 26.0 Å². The molecule has 1 aromatic heterocycles. The summed E-state index contributed by atoms with van der Waals surface area (Å²) in [7, 11) is 0. The number of hydrogen-bond donors (Lipinski definition) is 1. The van der Waals surface area contributed by atoms with E-state index in [1.807, 2.05) is 11.3 Å². The molecule has 1 atom stereocenters. The zero-order valence-electron chi connectivity index (χ0n) is 10.3. The maximum absolute atomic E-state index is 6.49. The van der Waals surface area contributed by atoms with E-state index in [1.165, 1.54) is 54.9 Å². The Kier molecular flexibility index (Phi) is 3.78. The second kappa shape index (κ2) is 5.33. The molecule has 1 aromatic rings. The third-order valence-corrected chi connectivity index (χ3v) is 6.48. The minimum Gasteiger partial charge on any atom is -0.323 e. The lowest BCUT2D eigenvalue weighted by atomic mass is 9.83. The van der Waals surface area contributed by atoms with Crippen molar-refractivity contribution in [2.24, 2.45) is 11.7 Å². The summed E-state index contributed by atoms with van der Waals surface area (Å²) in [6.07, 6.45) is 8.15. The Labute approximate surface area is 112 Å². The molecule has 2 aliphatic rings. The van der Waals surface area contributed by atoms with Crippen LogP contribution in [-0.4, -0.2) is 5.75 Å². The van der Waals surface area contributed by atoms with Crippen LogP contribution in [0.2, 0.25) is 0 Å². The van der Waals surface area contributed by atoms with Crippen molar-refractivity contribution in [1.82, 2.24) is 0 Å². The van der Waals surface area contributed by atoms with Gasteiger partial charge in [-0.1, -0.05) is 19.3 Å². The molecule has 1 unspecified atom stereocenters. The summed E-state index contributed by atoms with van der Waals surface area (Å²) >= 11 is 4.06. The van der Waals surface area contributed by atoms with Gasteiger partial charge in [0.25, 0.3) is 0 Å². The predicted octanol–water partition coefficient (Wildman–Crippen LogP) is 4.12. The van der Waals surface area contributed by atoms with Crippen LogP contribution in [-0.2, 0) is 12.2 Å². The molecule has 0 bridgehead atoms. The van der Waals surface area contributed by atoms with Gasteiger partial charge in [-0.25, -0.2) is 0 Å². The van der Waals surface area contributed by atoms with Crippen molar-refractivity contribution in [2.75, 3.05) is 5.75 Å².